The van der Waals surface area contributed by atoms with E-state index in [0.717, 1.165) is 22.5 Å². The third kappa shape index (κ3) is 5.52. The topological polar surface area (TPSA) is 81.0 Å². The molecule has 0 fully saturated rings. The zero-order valence-electron chi connectivity index (χ0n) is 19.0. The Morgan fingerprint density at radius 3 is 2.39 bits per heavy atom. The second-order valence-corrected chi connectivity index (χ2v) is 10.3. The first kappa shape index (κ1) is 25.6. The summed E-state index contributed by atoms with van der Waals surface area (Å²) in [5, 5.41) is 11.7. The number of aromatic nitrogens is 4. The fourth-order valence-electron chi connectivity index (χ4n) is 3.95. The Morgan fingerprint density at radius 2 is 1.69 bits per heavy atom. The highest BCUT2D eigenvalue weighted by Gasteiger charge is 2.33. The fraction of sp³-hybridized carbons (Fsp3) is 0.208. The molecule has 1 heterocycles. The molecule has 0 aliphatic carbocycles. The fourth-order valence-corrected chi connectivity index (χ4v) is 5.71. The SMILES string of the molecule is CC(c1ccc(F)cc1CCCn1ncnn1)N(c1cc(F)ccc1F)S(=O)(=O)c1ccc(Cl)cc1. The highest BCUT2D eigenvalue weighted by molar-refractivity contribution is 7.92. The number of hydrogen-bond donors (Lipinski definition) is 0. The van der Waals surface area contributed by atoms with Crippen molar-refractivity contribution in [1.29, 1.82) is 0 Å². The average molecular weight is 536 g/mol. The van der Waals surface area contributed by atoms with Crippen LogP contribution in [0.5, 0.6) is 0 Å². The minimum atomic E-state index is -4.40. The number of anilines is 1. The van der Waals surface area contributed by atoms with Gasteiger partial charge in [-0.3, -0.25) is 4.31 Å². The van der Waals surface area contributed by atoms with Crippen LogP contribution in [0, 0.1) is 17.5 Å². The first-order valence-corrected chi connectivity index (χ1v) is 12.7. The van der Waals surface area contributed by atoms with Gasteiger partial charge in [0.05, 0.1) is 23.2 Å². The summed E-state index contributed by atoms with van der Waals surface area (Å²) in [6, 6.07) is 10.8. The molecule has 0 saturated carbocycles. The van der Waals surface area contributed by atoms with E-state index in [2.05, 4.69) is 15.4 Å². The molecule has 0 radical (unpaired) electrons. The second kappa shape index (κ2) is 10.7. The molecule has 3 aromatic carbocycles. The van der Waals surface area contributed by atoms with E-state index in [4.69, 9.17) is 11.6 Å². The first-order chi connectivity index (χ1) is 17.2. The molecule has 1 unspecified atom stereocenters. The van der Waals surface area contributed by atoms with E-state index in [1.165, 1.54) is 60.5 Å². The van der Waals surface area contributed by atoms with Gasteiger partial charge in [0.2, 0.25) is 0 Å². The maximum absolute atomic E-state index is 15.0. The van der Waals surface area contributed by atoms with Gasteiger partial charge in [0, 0.05) is 11.1 Å². The largest absolute Gasteiger partial charge is 0.264 e. The molecular weight excluding hydrogens is 515 g/mol. The van der Waals surface area contributed by atoms with Crippen molar-refractivity contribution in [3.8, 4) is 0 Å². The standard InChI is InChI=1S/C24H21ClF3N5O2S/c1-16(22-10-6-19(26)13-17(22)3-2-12-32-30-15-29-31-32)33(24-14-20(27)7-11-23(24)28)36(34,35)21-8-4-18(25)5-9-21/h4-11,13-16H,2-3,12H2,1H3. The summed E-state index contributed by atoms with van der Waals surface area (Å²) >= 11 is 5.92. The van der Waals surface area contributed by atoms with Gasteiger partial charge in [-0.15, -0.1) is 10.2 Å². The van der Waals surface area contributed by atoms with Crippen LogP contribution in [-0.4, -0.2) is 28.6 Å². The van der Waals surface area contributed by atoms with Crippen LogP contribution < -0.4 is 4.31 Å². The monoisotopic (exact) mass is 535 g/mol. The molecule has 1 aromatic heterocycles. The summed E-state index contributed by atoms with van der Waals surface area (Å²) in [6.45, 7) is 1.93. The number of sulfonamides is 1. The molecule has 36 heavy (non-hydrogen) atoms. The van der Waals surface area contributed by atoms with Gasteiger partial charge >= 0.3 is 0 Å². The second-order valence-electron chi connectivity index (χ2n) is 8.00. The molecule has 0 spiro atoms. The van der Waals surface area contributed by atoms with E-state index < -0.39 is 39.2 Å². The Kier molecular flexibility index (Phi) is 7.60. The molecule has 1 atom stereocenters. The summed E-state index contributed by atoms with van der Waals surface area (Å²) in [4.78, 5) is 1.21. The lowest BCUT2D eigenvalue weighted by molar-refractivity contribution is 0.498. The Hall–Kier alpha value is -3.44. The van der Waals surface area contributed by atoms with Gasteiger partial charge in [-0.1, -0.05) is 17.7 Å². The maximum Gasteiger partial charge on any atom is 0.264 e. The molecule has 0 bridgehead atoms. The number of aryl methyl sites for hydroxylation is 2. The molecule has 0 aliphatic heterocycles. The number of nitrogens with zero attached hydrogens (tertiary/aromatic N) is 5. The van der Waals surface area contributed by atoms with Crippen molar-refractivity contribution in [2.45, 2.75) is 37.2 Å². The Labute approximate surface area is 211 Å². The van der Waals surface area contributed by atoms with Gasteiger partial charge in [-0.25, -0.2) is 21.6 Å². The molecule has 7 nitrogen and oxygen atoms in total. The smallest absolute Gasteiger partial charge is 0.256 e. The Balaban J connectivity index is 1.78. The molecular formula is C24H21ClF3N5O2S. The van der Waals surface area contributed by atoms with Gasteiger partial charge in [0.15, 0.2) is 6.33 Å². The first-order valence-electron chi connectivity index (χ1n) is 10.9. The van der Waals surface area contributed by atoms with Gasteiger partial charge in [-0.2, -0.15) is 4.80 Å². The minimum Gasteiger partial charge on any atom is -0.256 e. The van der Waals surface area contributed by atoms with Crippen LogP contribution in [0.3, 0.4) is 0 Å². The van der Waals surface area contributed by atoms with E-state index in [9.17, 15) is 21.6 Å². The molecule has 4 rings (SSSR count). The quantitative estimate of drug-likeness (QED) is 0.289. The molecule has 12 heteroatoms. The number of rotatable bonds is 9. The zero-order chi connectivity index (χ0) is 25.9. The van der Waals surface area contributed by atoms with Crippen molar-refractivity contribution in [2.75, 3.05) is 4.31 Å². The highest BCUT2D eigenvalue weighted by Crippen LogP contribution is 2.37. The lowest BCUT2D eigenvalue weighted by Gasteiger charge is -2.32. The molecule has 4 aromatic rings. The van der Waals surface area contributed by atoms with Crippen molar-refractivity contribution in [3.05, 3.63) is 101 Å². The van der Waals surface area contributed by atoms with Crippen molar-refractivity contribution >= 4 is 27.3 Å². The van der Waals surface area contributed by atoms with Crippen molar-refractivity contribution < 1.29 is 21.6 Å². The van der Waals surface area contributed by atoms with Gasteiger partial charge in [0.1, 0.15) is 17.5 Å². The van der Waals surface area contributed by atoms with Crippen LogP contribution in [0.2, 0.25) is 5.02 Å². The summed E-state index contributed by atoms with van der Waals surface area (Å²) in [5.74, 6) is -2.25. The molecule has 0 aliphatic rings. The van der Waals surface area contributed by atoms with Gasteiger partial charge in [0.25, 0.3) is 10.0 Å². The number of tetrazole rings is 1. The number of hydrogen-bond acceptors (Lipinski definition) is 5. The summed E-state index contributed by atoms with van der Waals surface area (Å²) in [6.07, 6.45) is 2.14. The van der Waals surface area contributed by atoms with Crippen LogP contribution in [0.1, 0.15) is 30.5 Å². The summed E-state index contributed by atoms with van der Waals surface area (Å²) in [7, 11) is -4.40. The van der Waals surface area contributed by atoms with E-state index in [1.807, 2.05) is 0 Å². The Bertz CT molecular complexity index is 1450. The van der Waals surface area contributed by atoms with Crippen molar-refractivity contribution in [3.63, 3.8) is 0 Å². The van der Waals surface area contributed by atoms with Crippen molar-refractivity contribution in [1.82, 2.24) is 20.2 Å². The van der Waals surface area contributed by atoms with E-state index in [0.29, 0.717) is 35.5 Å². The minimum absolute atomic E-state index is 0.164. The maximum atomic E-state index is 15.0. The predicted molar refractivity (Wildman–Crippen MR) is 128 cm³/mol. The normalized spacial score (nSPS) is 12.5. The average Bonchev–Trinajstić information content (AvgIpc) is 3.35. The van der Waals surface area contributed by atoms with E-state index in [-0.39, 0.29) is 4.90 Å². The zero-order valence-corrected chi connectivity index (χ0v) is 20.6. The van der Waals surface area contributed by atoms with Crippen LogP contribution in [0.4, 0.5) is 18.9 Å². The number of halogens is 4. The van der Waals surface area contributed by atoms with Crippen LogP contribution in [0.15, 0.2) is 71.9 Å². The third-order valence-corrected chi connectivity index (χ3v) is 7.77. The lowest BCUT2D eigenvalue weighted by Crippen LogP contribution is -2.35. The molecule has 0 saturated heterocycles. The molecule has 0 N–H and O–H groups in total. The van der Waals surface area contributed by atoms with Crippen LogP contribution in [-0.2, 0) is 23.0 Å². The lowest BCUT2D eigenvalue weighted by atomic mass is 9.97. The number of benzene rings is 3. The van der Waals surface area contributed by atoms with Gasteiger partial charge in [-0.05, 0) is 84.6 Å². The van der Waals surface area contributed by atoms with E-state index in [1.54, 1.807) is 0 Å². The van der Waals surface area contributed by atoms with Gasteiger partial charge < -0.3 is 0 Å². The third-order valence-electron chi connectivity index (χ3n) is 5.62. The summed E-state index contributed by atoms with van der Waals surface area (Å²) < 4.78 is 71.7. The Morgan fingerprint density at radius 1 is 1.00 bits per heavy atom. The summed E-state index contributed by atoms with van der Waals surface area (Å²) in [5.41, 5.74) is 0.472. The molecule has 0 amide bonds. The van der Waals surface area contributed by atoms with Crippen molar-refractivity contribution in [2.24, 2.45) is 0 Å². The predicted octanol–water partition coefficient (Wildman–Crippen LogP) is 5.33. The van der Waals surface area contributed by atoms with Crippen LogP contribution >= 0.6 is 11.6 Å². The molecule has 188 valence electrons. The highest BCUT2D eigenvalue weighted by atomic mass is 35.5. The van der Waals surface area contributed by atoms with Crippen LogP contribution in [0.25, 0.3) is 0 Å². The van der Waals surface area contributed by atoms with E-state index >= 15 is 0 Å².